The van der Waals surface area contributed by atoms with Gasteiger partial charge in [0.1, 0.15) is 0 Å². The zero-order valence-electron chi connectivity index (χ0n) is 6.73. The lowest BCUT2D eigenvalue weighted by atomic mass is 10.1. The molecule has 0 aliphatic carbocycles. The molecular weight excluding hydrogens is 176 g/mol. The van der Waals surface area contributed by atoms with Crippen molar-refractivity contribution in [3.63, 3.8) is 0 Å². The van der Waals surface area contributed by atoms with Gasteiger partial charge in [-0.05, 0) is 6.07 Å². The molecule has 1 aromatic carbocycles. The Labute approximate surface area is 74.1 Å². The lowest BCUT2D eigenvalue weighted by Crippen LogP contribution is -1.91. The Morgan fingerprint density at radius 1 is 0.769 bits per heavy atom. The van der Waals surface area contributed by atoms with Crippen LogP contribution in [0.3, 0.4) is 0 Å². The van der Waals surface area contributed by atoms with Crippen molar-refractivity contribution in [1.29, 1.82) is 0 Å². The number of hydrogen-bond donors (Lipinski definition) is 5. The lowest BCUT2D eigenvalue weighted by molar-refractivity contribution is 0.261. The Bertz CT molecular complexity index is 293. The van der Waals surface area contributed by atoms with Gasteiger partial charge in [0.05, 0.1) is 13.2 Å². The van der Waals surface area contributed by atoms with Crippen molar-refractivity contribution < 1.29 is 25.5 Å². The normalized spacial score (nSPS) is 10.3. The third kappa shape index (κ3) is 1.51. The molecule has 13 heavy (non-hydrogen) atoms. The zero-order chi connectivity index (χ0) is 10.0. The van der Waals surface area contributed by atoms with E-state index in [0.29, 0.717) is 0 Å². The summed E-state index contributed by atoms with van der Waals surface area (Å²) in [6.07, 6.45) is 0. The molecular formula is C8H10O5. The molecule has 72 valence electrons. The highest BCUT2D eigenvalue weighted by Crippen LogP contribution is 2.40. The molecule has 5 heteroatoms. The highest BCUT2D eigenvalue weighted by molar-refractivity contribution is 5.57. The number of phenols is 3. The van der Waals surface area contributed by atoms with E-state index in [9.17, 15) is 0 Å². The molecule has 0 saturated carbocycles. The van der Waals surface area contributed by atoms with Gasteiger partial charge in [-0.3, -0.25) is 0 Å². The van der Waals surface area contributed by atoms with E-state index in [1.54, 1.807) is 0 Å². The van der Waals surface area contributed by atoms with E-state index in [1.165, 1.54) is 6.07 Å². The van der Waals surface area contributed by atoms with Crippen LogP contribution in [-0.4, -0.2) is 25.5 Å². The smallest absolute Gasteiger partial charge is 0.201 e. The van der Waals surface area contributed by atoms with E-state index in [4.69, 9.17) is 25.5 Å². The van der Waals surface area contributed by atoms with Crippen LogP contribution in [0.5, 0.6) is 17.2 Å². The fourth-order valence-electron chi connectivity index (χ4n) is 1.00. The van der Waals surface area contributed by atoms with E-state index in [-0.39, 0.29) is 11.1 Å². The topological polar surface area (TPSA) is 101 Å². The summed E-state index contributed by atoms with van der Waals surface area (Å²) in [5.41, 5.74) is 0.110. The van der Waals surface area contributed by atoms with Crippen LogP contribution in [0.4, 0.5) is 0 Å². The predicted octanol–water partition coefficient (Wildman–Crippen LogP) is -0.212. The Balaban J connectivity index is 3.36. The highest BCUT2D eigenvalue weighted by Gasteiger charge is 2.15. The molecule has 0 aliphatic rings. The van der Waals surface area contributed by atoms with Gasteiger partial charge < -0.3 is 25.5 Å². The standard InChI is InChI=1S/C8H10O5/c9-2-4-1-5(3-10)7(12)8(13)6(4)11/h1,9-13H,2-3H2. The van der Waals surface area contributed by atoms with Crippen molar-refractivity contribution in [2.75, 3.05) is 0 Å². The lowest BCUT2D eigenvalue weighted by Gasteiger charge is -2.08. The second-order valence-corrected chi connectivity index (χ2v) is 2.56. The third-order valence-electron chi connectivity index (χ3n) is 1.75. The molecule has 0 saturated heterocycles. The molecule has 0 fully saturated rings. The molecule has 5 nitrogen and oxygen atoms in total. The van der Waals surface area contributed by atoms with Crippen LogP contribution in [0.25, 0.3) is 0 Å². The van der Waals surface area contributed by atoms with E-state index in [2.05, 4.69) is 0 Å². The number of aromatic hydroxyl groups is 3. The zero-order valence-corrected chi connectivity index (χ0v) is 6.73. The third-order valence-corrected chi connectivity index (χ3v) is 1.75. The molecule has 1 rings (SSSR count). The van der Waals surface area contributed by atoms with Crippen LogP contribution >= 0.6 is 0 Å². The second-order valence-electron chi connectivity index (χ2n) is 2.56. The largest absolute Gasteiger partial charge is 0.504 e. The molecule has 0 aliphatic heterocycles. The second kappa shape index (κ2) is 3.51. The molecule has 0 unspecified atom stereocenters. The minimum Gasteiger partial charge on any atom is -0.504 e. The van der Waals surface area contributed by atoms with E-state index in [1.807, 2.05) is 0 Å². The van der Waals surface area contributed by atoms with Crippen LogP contribution in [0.1, 0.15) is 11.1 Å². The van der Waals surface area contributed by atoms with Crippen molar-refractivity contribution in [1.82, 2.24) is 0 Å². The number of aliphatic hydroxyl groups excluding tert-OH is 2. The quantitative estimate of drug-likeness (QED) is 0.411. The van der Waals surface area contributed by atoms with Gasteiger partial charge in [0, 0.05) is 11.1 Å². The van der Waals surface area contributed by atoms with Crippen LogP contribution in [0, 0.1) is 0 Å². The molecule has 0 aromatic heterocycles. The van der Waals surface area contributed by atoms with Gasteiger partial charge in [-0.2, -0.15) is 0 Å². The maximum Gasteiger partial charge on any atom is 0.201 e. The minimum atomic E-state index is -0.726. The average Bonchev–Trinajstić information content (AvgIpc) is 2.15. The van der Waals surface area contributed by atoms with Crippen molar-refractivity contribution in [2.45, 2.75) is 13.2 Å². The monoisotopic (exact) mass is 186 g/mol. The van der Waals surface area contributed by atoms with Gasteiger partial charge in [-0.15, -0.1) is 0 Å². The number of aliphatic hydroxyl groups is 2. The highest BCUT2D eigenvalue weighted by atomic mass is 16.3. The summed E-state index contributed by atoms with van der Waals surface area (Å²) in [4.78, 5) is 0. The first kappa shape index (κ1) is 9.63. The SMILES string of the molecule is OCc1cc(CO)c(O)c(O)c1O. The summed E-state index contributed by atoms with van der Waals surface area (Å²) in [5.74, 6) is -1.87. The fraction of sp³-hybridized carbons (Fsp3) is 0.250. The minimum absolute atomic E-state index is 0.0550. The Morgan fingerprint density at radius 3 is 1.46 bits per heavy atom. The van der Waals surface area contributed by atoms with Gasteiger partial charge in [0.25, 0.3) is 0 Å². The van der Waals surface area contributed by atoms with E-state index in [0.717, 1.165) is 0 Å². The molecule has 5 N–H and O–H groups in total. The Hall–Kier alpha value is -1.46. The molecule has 0 bridgehead atoms. The van der Waals surface area contributed by atoms with Crippen LogP contribution < -0.4 is 0 Å². The maximum atomic E-state index is 9.15. The first-order chi connectivity index (χ1) is 6.11. The number of rotatable bonds is 2. The summed E-state index contributed by atoms with van der Waals surface area (Å²) in [7, 11) is 0. The van der Waals surface area contributed by atoms with Crippen LogP contribution in [0.2, 0.25) is 0 Å². The van der Waals surface area contributed by atoms with Gasteiger partial charge in [-0.1, -0.05) is 0 Å². The van der Waals surface area contributed by atoms with Crippen LogP contribution in [-0.2, 0) is 13.2 Å². The van der Waals surface area contributed by atoms with Crippen molar-refractivity contribution in [3.05, 3.63) is 17.2 Å². The van der Waals surface area contributed by atoms with Crippen molar-refractivity contribution >= 4 is 0 Å². The molecule has 0 heterocycles. The van der Waals surface area contributed by atoms with Crippen LogP contribution in [0.15, 0.2) is 6.07 Å². The van der Waals surface area contributed by atoms with E-state index < -0.39 is 30.5 Å². The van der Waals surface area contributed by atoms with Gasteiger partial charge in [-0.25, -0.2) is 0 Å². The summed E-state index contributed by atoms with van der Waals surface area (Å²) < 4.78 is 0. The van der Waals surface area contributed by atoms with E-state index >= 15 is 0 Å². The number of hydrogen-bond acceptors (Lipinski definition) is 5. The van der Waals surface area contributed by atoms with Gasteiger partial charge in [0.15, 0.2) is 11.5 Å². The Kier molecular flexibility index (Phi) is 2.60. The summed E-state index contributed by atoms with van der Waals surface area (Å²) in [6.45, 7) is -0.959. The first-order valence-corrected chi connectivity index (χ1v) is 3.59. The number of benzene rings is 1. The number of phenolic OH excluding ortho intramolecular Hbond substituents is 1. The predicted molar refractivity (Wildman–Crippen MR) is 43.3 cm³/mol. The average molecular weight is 186 g/mol. The summed E-state index contributed by atoms with van der Waals surface area (Å²) >= 11 is 0. The molecule has 0 amide bonds. The fourth-order valence-corrected chi connectivity index (χ4v) is 1.00. The molecule has 0 atom stereocenters. The summed E-state index contributed by atoms with van der Waals surface area (Å²) in [6, 6.07) is 1.21. The molecule has 1 aromatic rings. The molecule has 0 radical (unpaired) electrons. The van der Waals surface area contributed by atoms with Gasteiger partial charge >= 0.3 is 0 Å². The summed E-state index contributed by atoms with van der Waals surface area (Å²) in [5, 5.41) is 44.8. The van der Waals surface area contributed by atoms with Gasteiger partial charge in [0.2, 0.25) is 5.75 Å². The maximum absolute atomic E-state index is 9.15. The first-order valence-electron chi connectivity index (χ1n) is 3.59. The van der Waals surface area contributed by atoms with Crippen molar-refractivity contribution in [3.8, 4) is 17.2 Å². The Morgan fingerprint density at radius 2 is 1.15 bits per heavy atom. The van der Waals surface area contributed by atoms with Crippen molar-refractivity contribution in [2.24, 2.45) is 0 Å². The molecule has 0 spiro atoms.